The predicted octanol–water partition coefficient (Wildman–Crippen LogP) is 4.59. The Labute approximate surface area is 160 Å². The summed E-state index contributed by atoms with van der Waals surface area (Å²) in [7, 11) is -3.79. The molecule has 0 saturated carbocycles. The highest BCUT2D eigenvalue weighted by Crippen LogP contribution is 2.27. The van der Waals surface area contributed by atoms with Crippen molar-refractivity contribution in [2.45, 2.75) is 42.2 Å². The Hall–Kier alpha value is -2.03. The third-order valence-electron chi connectivity index (χ3n) is 3.75. The van der Waals surface area contributed by atoms with Gasteiger partial charge in [0.25, 0.3) is 0 Å². The van der Waals surface area contributed by atoms with Crippen LogP contribution in [-0.2, 0) is 14.6 Å². The largest absolute Gasteiger partial charge is 0.298 e. The maximum Gasteiger partial charge on any atom is 0.189 e. The standard InChI is InChI=1S/C21H22O3S2/c1-21(2,3)20(22)19(26(23,24)18-13-8-5-9-14-18)15-10-16-25-17-11-6-4-7-12-17/h4-9,11-14,19H,15H2,1-3H3. The highest BCUT2D eigenvalue weighted by atomic mass is 32.2. The van der Waals surface area contributed by atoms with Gasteiger partial charge in [-0.15, -0.1) is 0 Å². The van der Waals surface area contributed by atoms with Gasteiger partial charge in [-0.25, -0.2) is 8.42 Å². The van der Waals surface area contributed by atoms with Crippen molar-refractivity contribution in [3.05, 3.63) is 60.7 Å². The molecule has 0 bridgehead atoms. The molecule has 2 aromatic rings. The second-order valence-electron chi connectivity index (χ2n) is 6.86. The third-order valence-corrected chi connectivity index (χ3v) is 6.56. The predicted molar refractivity (Wildman–Crippen MR) is 107 cm³/mol. The quantitative estimate of drug-likeness (QED) is 0.557. The van der Waals surface area contributed by atoms with Gasteiger partial charge in [0.2, 0.25) is 0 Å². The normalized spacial score (nSPS) is 12.7. The van der Waals surface area contributed by atoms with Crippen molar-refractivity contribution in [1.82, 2.24) is 0 Å². The minimum absolute atomic E-state index is 0.0207. The highest BCUT2D eigenvalue weighted by Gasteiger charge is 2.38. The number of ketones is 1. The molecule has 5 heteroatoms. The molecule has 0 aliphatic rings. The molecule has 2 rings (SSSR count). The number of benzene rings is 2. The Morgan fingerprint density at radius 2 is 1.54 bits per heavy atom. The second-order valence-corrected chi connectivity index (χ2v) is 9.87. The van der Waals surface area contributed by atoms with E-state index >= 15 is 0 Å². The van der Waals surface area contributed by atoms with Crippen LogP contribution in [0.15, 0.2) is 70.5 Å². The SMILES string of the molecule is CC(C)(C)C(=O)C(CC#CSc1ccccc1)S(=O)(=O)c1ccccc1. The van der Waals surface area contributed by atoms with E-state index in [4.69, 9.17) is 0 Å². The van der Waals surface area contributed by atoms with E-state index in [1.54, 1.807) is 39.0 Å². The summed E-state index contributed by atoms with van der Waals surface area (Å²) < 4.78 is 26.0. The average Bonchev–Trinajstić information content (AvgIpc) is 2.62. The van der Waals surface area contributed by atoms with Crippen molar-refractivity contribution in [3.8, 4) is 11.2 Å². The molecule has 1 unspecified atom stereocenters. The molecule has 26 heavy (non-hydrogen) atoms. The van der Waals surface area contributed by atoms with Crippen molar-refractivity contribution in [2.75, 3.05) is 0 Å². The monoisotopic (exact) mass is 386 g/mol. The number of Topliss-reactive ketones (excluding diaryl/α,β-unsaturated/α-hetero) is 1. The van der Waals surface area contributed by atoms with Gasteiger partial charge in [0.15, 0.2) is 15.6 Å². The van der Waals surface area contributed by atoms with E-state index in [-0.39, 0.29) is 17.1 Å². The number of sulfone groups is 1. The van der Waals surface area contributed by atoms with Crippen molar-refractivity contribution in [1.29, 1.82) is 0 Å². The van der Waals surface area contributed by atoms with Gasteiger partial charge in [-0.3, -0.25) is 4.79 Å². The lowest BCUT2D eigenvalue weighted by atomic mass is 9.88. The molecule has 0 aromatic heterocycles. The molecule has 0 spiro atoms. The molecule has 0 saturated heterocycles. The number of hydrogen-bond donors (Lipinski definition) is 0. The van der Waals surface area contributed by atoms with E-state index in [1.165, 1.54) is 23.9 Å². The van der Waals surface area contributed by atoms with Gasteiger partial charge in [0.05, 0.1) is 4.90 Å². The van der Waals surface area contributed by atoms with Gasteiger partial charge in [-0.1, -0.05) is 63.1 Å². The summed E-state index contributed by atoms with van der Waals surface area (Å²) >= 11 is 1.32. The van der Waals surface area contributed by atoms with E-state index in [9.17, 15) is 13.2 Å². The van der Waals surface area contributed by atoms with E-state index < -0.39 is 20.5 Å². The zero-order valence-electron chi connectivity index (χ0n) is 15.1. The smallest absolute Gasteiger partial charge is 0.189 e. The minimum Gasteiger partial charge on any atom is -0.298 e. The van der Waals surface area contributed by atoms with Crippen LogP contribution in [0.3, 0.4) is 0 Å². The first kappa shape index (κ1) is 20.3. The molecule has 0 heterocycles. The number of rotatable bonds is 5. The van der Waals surface area contributed by atoms with Crippen LogP contribution in [0.1, 0.15) is 27.2 Å². The Balaban J connectivity index is 2.27. The van der Waals surface area contributed by atoms with Crippen molar-refractivity contribution >= 4 is 27.4 Å². The van der Waals surface area contributed by atoms with Crippen LogP contribution in [0, 0.1) is 16.6 Å². The lowest BCUT2D eigenvalue weighted by Crippen LogP contribution is -2.38. The first-order valence-electron chi connectivity index (χ1n) is 8.26. The van der Waals surface area contributed by atoms with Gasteiger partial charge in [-0.05, 0) is 41.3 Å². The van der Waals surface area contributed by atoms with Crippen LogP contribution in [0.2, 0.25) is 0 Å². The molecule has 1 atom stereocenters. The molecule has 0 amide bonds. The Bertz CT molecular complexity index is 900. The van der Waals surface area contributed by atoms with Gasteiger partial charge >= 0.3 is 0 Å². The maximum atomic E-state index is 13.0. The fraction of sp³-hybridized carbons (Fsp3) is 0.286. The molecular formula is C21H22O3S2. The Morgan fingerprint density at radius 1 is 1.00 bits per heavy atom. The van der Waals surface area contributed by atoms with Gasteiger partial charge in [0, 0.05) is 16.7 Å². The summed E-state index contributed by atoms with van der Waals surface area (Å²) in [5.74, 6) is 2.56. The van der Waals surface area contributed by atoms with E-state index in [2.05, 4.69) is 11.2 Å². The highest BCUT2D eigenvalue weighted by molar-refractivity contribution is 8.04. The average molecular weight is 387 g/mol. The molecular weight excluding hydrogens is 364 g/mol. The fourth-order valence-electron chi connectivity index (χ4n) is 2.32. The topological polar surface area (TPSA) is 51.2 Å². The first-order valence-corrected chi connectivity index (χ1v) is 10.6. The fourth-order valence-corrected chi connectivity index (χ4v) is 4.69. The number of carbonyl (C=O) groups is 1. The minimum atomic E-state index is -3.79. The molecule has 0 N–H and O–H groups in total. The van der Waals surface area contributed by atoms with E-state index in [0.717, 1.165) is 4.90 Å². The number of thioether (sulfide) groups is 1. The molecule has 136 valence electrons. The van der Waals surface area contributed by atoms with Crippen LogP contribution in [0.5, 0.6) is 0 Å². The zero-order valence-corrected chi connectivity index (χ0v) is 16.7. The third kappa shape index (κ3) is 5.23. The molecule has 0 aliphatic carbocycles. The molecule has 0 aliphatic heterocycles. The van der Waals surface area contributed by atoms with Crippen molar-refractivity contribution in [2.24, 2.45) is 5.41 Å². The number of hydrogen-bond acceptors (Lipinski definition) is 4. The maximum absolute atomic E-state index is 13.0. The van der Waals surface area contributed by atoms with Crippen molar-refractivity contribution < 1.29 is 13.2 Å². The number of carbonyl (C=O) groups excluding carboxylic acids is 1. The second kappa shape index (κ2) is 8.57. The van der Waals surface area contributed by atoms with E-state index in [0.29, 0.717) is 0 Å². The lowest BCUT2D eigenvalue weighted by molar-refractivity contribution is -0.125. The molecule has 3 nitrogen and oxygen atoms in total. The van der Waals surface area contributed by atoms with Gasteiger partial charge in [0.1, 0.15) is 5.25 Å². The summed E-state index contributed by atoms with van der Waals surface area (Å²) in [5, 5.41) is 1.74. The summed E-state index contributed by atoms with van der Waals surface area (Å²) in [6, 6.07) is 17.7. The van der Waals surface area contributed by atoms with Crippen LogP contribution < -0.4 is 0 Å². The first-order chi connectivity index (χ1) is 12.2. The van der Waals surface area contributed by atoms with E-state index in [1.807, 2.05) is 30.3 Å². The Morgan fingerprint density at radius 3 is 2.08 bits per heavy atom. The summed E-state index contributed by atoms with van der Waals surface area (Å²) in [5.41, 5.74) is -0.763. The van der Waals surface area contributed by atoms with Gasteiger partial charge < -0.3 is 0 Å². The lowest BCUT2D eigenvalue weighted by Gasteiger charge is -2.23. The molecule has 0 radical (unpaired) electrons. The summed E-state index contributed by atoms with van der Waals surface area (Å²) in [6.45, 7) is 5.19. The van der Waals surface area contributed by atoms with Gasteiger partial charge in [-0.2, -0.15) is 0 Å². The zero-order chi connectivity index (χ0) is 19.2. The summed E-state index contributed by atoms with van der Waals surface area (Å²) in [4.78, 5) is 13.9. The van der Waals surface area contributed by atoms with Crippen LogP contribution in [-0.4, -0.2) is 19.5 Å². The summed E-state index contributed by atoms with van der Waals surface area (Å²) in [6.07, 6.45) is -0.0207. The van der Waals surface area contributed by atoms with Crippen LogP contribution >= 0.6 is 11.8 Å². The Kier molecular flexibility index (Phi) is 6.69. The van der Waals surface area contributed by atoms with Crippen LogP contribution in [0.25, 0.3) is 0 Å². The van der Waals surface area contributed by atoms with Crippen molar-refractivity contribution in [3.63, 3.8) is 0 Å². The molecule has 0 fully saturated rings. The van der Waals surface area contributed by atoms with Crippen LogP contribution in [0.4, 0.5) is 0 Å². The molecule has 2 aromatic carbocycles.